The molecule has 1 aromatic carbocycles. The number of phenolic OH excluding ortho intramolecular Hbond substituents is 1. The summed E-state index contributed by atoms with van der Waals surface area (Å²) in [5.41, 5.74) is 1.26. The summed E-state index contributed by atoms with van der Waals surface area (Å²) >= 11 is 0. The number of carbonyl (C=O) groups is 1. The Morgan fingerprint density at radius 1 is 1.33 bits per heavy atom. The number of carbonyl (C=O) groups excluding carboxylic acids is 1. The molecule has 0 saturated heterocycles. The first-order valence-electron chi connectivity index (χ1n) is 7.50. The van der Waals surface area contributed by atoms with Crippen molar-refractivity contribution in [3.05, 3.63) is 42.1 Å². The zero-order valence-electron chi connectivity index (χ0n) is 13.8. The molecule has 0 amide bonds. The number of aromatic nitrogens is 1. The molecule has 1 atom stereocenters. The summed E-state index contributed by atoms with van der Waals surface area (Å²) in [7, 11) is 0. The Hall–Kier alpha value is -2.96. The summed E-state index contributed by atoms with van der Waals surface area (Å²) in [6.07, 6.45) is 1.69. The third-order valence-electron chi connectivity index (χ3n) is 3.02. The van der Waals surface area contributed by atoms with Gasteiger partial charge in [0.15, 0.2) is 6.04 Å². The summed E-state index contributed by atoms with van der Waals surface area (Å²) in [5.74, 6) is 0.261. The van der Waals surface area contributed by atoms with Gasteiger partial charge in [0, 0.05) is 18.3 Å². The van der Waals surface area contributed by atoms with Crippen LogP contribution >= 0.6 is 0 Å². The van der Waals surface area contributed by atoms with E-state index in [9.17, 15) is 9.90 Å². The smallest absolute Gasteiger partial charge is 0.332 e. The molecule has 2 rings (SSSR count). The highest BCUT2D eigenvalue weighted by Gasteiger charge is 2.13. The first kappa shape index (κ1) is 17.4. The molecule has 7 nitrogen and oxygen atoms in total. The van der Waals surface area contributed by atoms with Gasteiger partial charge >= 0.3 is 5.97 Å². The maximum Gasteiger partial charge on any atom is 0.332 e. The number of azo groups is 1. The Labute approximate surface area is 140 Å². The summed E-state index contributed by atoms with van der Waals surface area (Å²) in [6, 6.07) is 7.45. The zero-order chi connectivity index (χ0) is 17.5. The molecule has 0 bridgehead atoms. The van der Waals surface area contributed by atoms with Crippen LogP contribution in [0.1, 0.15) is 19.4 Å². The van der Waals surface area contributed by atoms with Crippen molar-refractivity contribution in [2.24, 2.45) is 10.2 Å². The number of phenols is 1. The van der Waals surface area contributed by atoms with Crippen molar-refractivity contribution in [3.63, 3.8) is 0 Å². The van der Waals surface area contributed by atoms with Gasteiger partial charge in [0.25, 0.3) is 0 Å². The predicted molar refractivity (Wildman–Crippen MR) is 87.8 cm³/mol. The van der Waals surface area contributed by atoms with Gasteiger partial charge in [-0.3, -0.25) is 0 Å². The maximum absolute atomic E-state index is 11.5. The fourth-order valence-electron chi connectivity index (χ4n) is 1.75. The van der Waals surface area contributed by atoms with E-state index in [1.807, 2.05) is 13.0 Å². The molecule has 2 aromatic rings. The fraction of sp³-hybridized carbons (Fsp3) is 0.294. The number of aromatic hydroxyl groups is 1. The van der Waals surface area contributed by atoms with Crippen LogP contribution in [0.25, 0.3) is 0 Å². The minimum Gasteiger partial charge on any atom is -0.505 e. The van der Waals surface area contributed by atoms with E-state index in [0.29, 0.717) is 11.6 Å². The molecular formula is C17H19N3O4. The maximum atomic E-state index is 11.5. The average Bonchev–Trinajstić information content (AvgIpc) is 2.56. The van der Waals surface area contributed by atoms with Crippen molar-refractivity contribution in [1.82, 2.24) is 4.98 Å². The van der Waals surface area contributed by atoms with Crippen molar-refractivity contribution >= 4 is 11.7 Å². The highest BCUT2D eigenvalue weighted by Crippen LogP contribution is 2.32. The second-order valence-electron chi connectivity index (χ2n) is 5.07. The molecule has 24 heavy (non-hydrogen) atoms. The van der Waals surface area contributed by atoms with Gasteiger partial charge in [0.2, 0.25) is 5.88 Å². The minimum atomic E-state index is -0.739. The van der Waals surface area contributed by atoms with Crippen LogP contribution in [-0.2, 0) is 9.53 Å². The molecule has 126 valence electrons. The van der Waals surface area contributed by atoms with Crippen LogP contribution in [0.2, 0.25) is 0 Å². The van der Waals surface area contributed by atoms with Crippen molar-refractivity contribution in [2.75, 3.05) is 6.61 Å². The third-order valence-corrected chi connectivity index (χ3v) is 3.02. The quantitative estimate of drug-likeness (QED) is 0.640. The number of nitrogens with zero attached hydrogens (tertiary/aromatic N) is 3. The highest BCUT2D eigenvalue weighted by molar-refractivity contribution is 5.75. The van der Waals surface area contributed by atoms with E-state index in [1.54, 1.807) is 38.2 Å². The zero-order valence-corrected chi connectivity index (χ0v) is 13.8. The molecule has 1 N–H and O–H groups in total. The summed E-state index contributed by atoms with van der Waals surface area (Å²) in [5, 5.41) is 17.7. The topological polar surface area (TPSA) is 93.4 Å². The molecular weight excluding hydrogens is 310 g/mol. The van der Waals surface area contributed by atoms with Crippen molar-refractivity contribution in [1.29, 1.82) is 0 Å². The fourth-order valence-corrected chi connectivity index (χ4v) is 1.75. The van der Waals surface area contributed by atoms with E-state index >= 15 is 0 Å². The van der Waals surface area contributed by atoms with E-state index in [-0.39, 0.29) is 18.0 Å². The van der Waals surface area contributed by atoms with Gasteiger partial charge in [-0.1, -0.05) is 6.07 Å². The van der Waals surface area contributed by atoms with Crippen LogP contribution in [0.5, 0.6) is 17.4 Å². The largest absolute Gasteiger partial charge is 0.505 e. The Morgan fingerprint density at radius 3 is 2.75 bits per heavy atom. The van der Waals surface area contributed by atoms with Crippen LogP contribution < -0.4 is 4.74 Å². The number of pyridine rings is 1. The standard InChI is InChI=1S/C17H19N3O4/c1-4-23-17(22)12(3)19-20-14-7-6-13(9-15(14)21)24-16-8-5-11(2)10-18-16/h5-10,12,21H,4H2,1-3H3. The van der Waals surface area contributed by atoms with Gasteiger partial charge in [-0.05, 0) is 38.5 Å². The highest BCUT2D eigenvalue weighted by atomic mass is 16.5. The van der Waals surface area contributed by atoms with E-state index in [0.717, 1.165) is 5.56 Å². The van der Waals surface area contributed by atoms with Gasteiger partial charge in [0.1, 0.15) is 17.2 Å². The predicted octanol–water partition coefficient (Wildman–Crippen LogP) is 3.92. The van der Waals surface area contributed by atoms with Crippen molar-refractivity contribution < 1.29 is 19.4 Å². The van der Waals surface area contributed by atoms with Gasteiger partial charge < -0.3 is 14.6 Å². The van der Waals surface area contributed by atoms with Crippen molar-refractivity contribution in [3.8, 4) is 17.4 Å². The summed E-state index contributed by atoms with van der Waals surface area (Å²) in [6.45, 7) is 5.50. The number of rotatable bonds is 6. The average molecular weight is 329 g/mol. The SMILES string of the molecule is CCOC(=O)C(C)N=Nc1ccc(Oc2ccc(C)cn2)cc1O. The number of ether oxygens (including phenoxy) is 2. The van der Waals surface area contributed by atoms with E-state index in [1.165, 1.54) is 6.07 Å². The molecule has 7 heteroatoms. The van der Waals surface area contributed by atoms with Crippen LogP contribution in [0, 0.1) is 6.92 Å². The number of esters is 1. The minimum absolute atomic E-state index is 0.112. The normalized spacial score (nSPS) is 12.1. The molecule has 0 fully saturated rings. The lowest BCUT2D eigenvalue weighted by atomic mass is 10.3. The Bertz CT molecular complexity index is 729. The first-order chi connectivity index (χ1) is 11.5. The second kappa shape index (κ2) is 8.05. The third kappa shape index (κ3) is 4.77. The lowest BCUT2D eigenvalue weighted by Gasteiger charge is -2.07. The molecule has 0 aliphatic rings. The number of hydrogen-bond donors (Lipinski definition) is 1. The molecule has 0 aliphatic carbocycles. The van der Waals surface area contributed by atoms with E-state index < -0.39 is 12.0 Å². The van der Waals surface area contributed by atoms with Crippen LogP contribution in [0.3, 0.4) is 0 Å². The molecule has 0 aliphatic heterocycles. The van der Waals surface area contributed by atoms with Crippen LogP contribution in [0.15, 0.2) is 46.8 Å². The number of aryl methyl sites for hydroxylation is 1. The lowest BCUT2D eigenvalue weighted by Crippen LogP contribution is -2.17. The van der Waals surface area contributed by atoms with Gasteiger partial charge in [-0.2, -0.15) is 10.2 Å². The van der Waals surface area contributed by atoms with Gasteiger partial charge in [-0.25, -0.2) is 9.78 Å². The Balaban J connectivity index is 2.06. The van der Waals surface area contributed by atoms with E-state index in [2.05, 4.69) is 15.2 Å². The second-order valence-corrected chi connectivity index (χ2v) is 5.07. The Kier molecular flexibility index (Phi) is 5.83. The number of benzene rings is 1. The molecule has 0 radical (unpaired) electrons. The van der Waals surface area contributed by atoms with Crippen molar-refractivity contribution in [2.45, 2.75) is 26.8 Å². The molecule has 0 spiro atoms. The summed E-state index contributed by atoms with van der Waals surface area (Å²) in [4.78, 5) is 15.6. The molecule has 1 aromatic heterocycles. The Morgan fingerprint density at radius 2 is 2.12 bits per heavy atom. The molecule has 1 unspecified atom stereocenters. The molecule has 1 heterocycles. The molecule has 0 saturated carbocycles. The monoisotopic (exact) mass is 329 g/mol. The van der Waals surface area contributed by atoms with Gasteiger partial charge in [-0.15, -0.1) is 0 Å². The lowest BCUT2D eigenvalue weighted by molar-refractivity contribution is -0.144. The number of hydrogen-bond acceptors (Lipinski definition) is 7. The van der Waals surface area contributed by atoms with Gasteiger partial charge in [0.05, 0.1) is 6.61 Å². The van der Waals surface area contributed by atoms with E-state index in [4.69, 9.17) is 9.47 Å². The first-order valence-corrected chi connectivity index (χ1v) is 7.50. The van der Waals surface area contributed by atoms with Crippen LogP contribution in [0.4, 0.5) is 5.69 Å². The summed E-state index contributed by atoms with van der Waals surface area (Å²) < 4.78 is 10.4. The van der Waals surface area contributed by atoms with Crippen LogP contribution in [-0.4, -0.2) is 28.7 Å².